The van der Waals surface area contributed by atoms with E-state index in [1.165, 1.54) is 12.1 Å². The third-order valence-corrected chi connectivity index (χ3v) is 2.68. The lowest BCUT2D eigenvalue weighted by molar-refractivity contribution is -0.385. The number of rotatable bonds is 3. The van der Waals surface area contributed by atoms with Gasteiger partial charge in [0.1, 0.15) is 0 Å². The van der Waals surface area contributed by atoms with E-state index in [1.807, 2.05) is 0 Å². The molecule has 1 heterocycles. The van der Waals surface area contributed by atoms with Gasteiger partial charge in [-0.1, -0.05) is 6.07 Å². The van der Waals surface area contributed by atoms with Crippen LogP contribution >= 0.6 is 0 Å². The van der Waals surface area contributed by atoms with Crippen LogP contribution in [0.5, 0.6) is 5.75 Å². The number of β-amino-alcohol motifs (C(OH)–C–C–N with tert-alkyl or cyclic N) is 1. The molecule has 0 atom stereocenters. The van der Waals surface area contributed by atoms with Crippen molar-refractivity contribution >= 4 is 5.69 Å². The zero-order chi connectivity index (χ0) is 11.8. The Kier molecular flexibility index (Phi) is 2.53. The summed E-state index contributed by atoms with van der Waals surface area (Å²) in [7, 11) is 0. The maximum Gasteiger partial charge on any atom is 0.310 e. The van der Waals surface area contributed by atoms with Crippen molar-refractivity contribution in [3.8, 4) is 5.75 Å². The predicted molar refractivity (Wildman–Crippen MR) is 56.3 cm³/mol. The first-order valence-electron chi connectivity index (χ1n) is 4.90. The van der Waals surface area contributed by atoms with Crippen molar-refractivity contribution in [1.82, 2.24) is 5.32 Å². The van der Waals surface area contributed by atoms with E-state index < -0.39 is 10.5 Å². The van der Waals surface area contributed by atoms with E-state index in [4.69, 9.17) is 0 Å². The van der Waals surface area contributed by atoms with Crippen molar-refractivity contribution in [2.75, 3.05) is 13.1 Å². The minimum Gasteiger partial charge on any atom is -0.502 e. The number of aromatic hydroxyl groups is 1. The van der Waals surface area contributed by atoms with E-state index in [0.29, 0.717) is 25.1 Å². The Bertz CT molecular complexity index is 429. The number of nitro benzene ring substituents is 1. The van der Waals surface area contributed by atoms with Crippen LogP contribution in [0.3, 0.4) is 0 Å². The molecule has 0 saturated carbocycles. The number of nitro groups is 1. The highest BCUT2D eigenvalue weighted by Gasteiger charge is 2.34. The van der Waals surface area contributed by atoms with Gasteiger partial charge in [0.15, 0.2) is 5.75 Å². The van der Waals surface area contributed by atoms with Crippen LogP contribution in [-0.4, -0.2) is 33.8 Å². The number of phenols is 1. The average molecular weight is 224 g/mol. The molecule has 1 aromatic rings. The summed E-state index contributed by atoms with van der Waals surface area (Å²) in [5.41, 5.74) is -0.493. The quantitative estimate of drug-likeness (QED) is 0.502. The van der Waals surface area contributed by atoms with E-state index >= 15 is 0 Å². The second-order valence-electron chi connectivity index (χ2n) is 4.08. The summed E-state index contributed by atoms with van der Waals surface area (Å²) in [5.74, 6) is -0.354. The number of phenolic OH excluding ortho intramolecular Hbond substituents is 1. The first-order chi connectivity index (χ1) is 7.50. The second-order valence-corrected chi connectivity index (χ2v) is 4.08. The van der Waals surface area contributed by atoms with Crippen molar-refractivity contribution in [1.29, 1.82) is 0 Å². The van der Waals surface area contributed by atoms with E-state index in [-0.39, 0.29) is 11.4 Å². The molecular formula is C10H12N2O4. The lowest BCUT2D eigenvalue weighted by Crippen LogP contribution is -2.60. The highest BCUT2D eigenvalue weighted by atomic mass is 16.6. The molecule has 1 saturated heterocycles. The molecule has 1 aromatic carbocycles. The lowest BCUT2D eigenvalue weighted by atomic mass is 9.89. The van der Waals surface area contributed by atoms with Crippen LogP contribution in [0.15, 0.2) is 18.2 Å². The fourth-order valence-corrected chi connectivity index (χ4v) is 1.74. The van der Waals surface area contributed by atoms with Crippen LogP contribution in [0.1, 0.15) is 5.56 Å². The van der Waals surface area contributed by atoms with Gasteiger partial charge in [0.2, 0.25) is 0 Å². The van der Waals surface area contributed by atoms with Gasteiger partial charge < -0.3 is 15.5 Å². The standard InChI is InChI=1S/C10H12N2O4/c13-9-2-1-7(3-8(9)12(15)16)4-10(14)5-11-6-10/h1-3,11,13-14H,4-6H2. The predicted octanol–water partition coefficient (Wildman–Crippen LogP) is 0.177. The van der Waals surface area contributed by atoms with Gasteiger partial charge in [-0.3, -0.25) is 10.1 Å². The zero-order valence-corrected chi connectivity index (χ0v) is 8.51. The van der Waals surface area contributed by atoms with Crippen molar-refractivity contribution in [3.63, 3.8) is 0 Å². The molecule has 1 aliphatic rings. The Morgan fingerprint density at radius 3 is 2.69 bits per heavy atom. The molecule has 1 fully saturated rings. The summed E-state index contributed by atoms with van der Waals surface area (Å²) in [6, 6.07) is 4.16. The maximum absolute atomic E-state index is 10.6. The molecular weight excluding hydrogens is 212 g/mol. The normalized spacial score (nSPS) is 17.8. The van der Waals surface area contributed by atoms with Crippen molar-refractivity contribution < 1.29 is 15.1 Å². The van der Waals surface area contributed by atoms with Crippen LogP contribution < -0.4 is 5.32 Å². The van der Waals surface area contributed by atoms with Crippen molar-refractivity contribution in [2.24, 2.45) is 0 Å². The van der Waals surface area contributed by atoms with Crippen molar-refractivity contribution in [3.05, 3.63) is 33.9 Å². The Morgan fingerprint density at radius 2 is 2.19 bits per heavy atom. The molecule has 0 aromatic heterocycles. The Labute approximate surface area is 91.7 Å². The molecule has 2 rings (SSSR count). The summed E-state index contributed by atoms with van der Waals surface area (Å²) in [6.07, 6.45) is 0.348. The minimum atomic E-state index is -0.815. The number of nitrogens with zero attached hydrogens (tertiary/aromatic N) is 1. The van der Waals surface area contributed by atoms with Gasteiger partial charge in [-0.15, -0.1) is 0 Å². The fraction of sp³-hybridized carbons (Fsp3) is 0.400. The first kappa shape index (κ1) is 10.8. The molecule has 0 radical (unpaired) electrons. The SMILES string of the molecule is O=[N+]([O-])c1cc(CC2(O)CNC2)ccc1O. The Hall–Kier alpha value is -1.66. The van der Waals surface area contributed by atoms with Crippen LogP contribution in [-0.2, 0) is 6.42 Å². The topological polar surface area (TPSA) is 95.6 Å². The molecule has 0 unspecified atom stereocenters. The molecule has 6 heteroatoms. The van der Waals surface area contributed by atoms with E-state index in [9.17, 15) is 20.3 Å². The molecule has 1 aliphatic heterocycles. The van der Waals surface area contributed by atoms with E-state index in [1.54, 1.807) is 6.07 Å². The van der Waals surface area contributed by atoms with Gasteiger partial charge in [0, 0.05) is 25.6 Å². The van der Waals surface area contributed by atoms with Crippen LogP contribution in [0.4, 0.5) is 5.69 Å². The van der Waals surface area contributed by atoms with Crippen LogP contribution in [0.25, 0.3) is 0 Å². The molecule has 0 spiro atoms. The van der Waals surface area contributed by atoms with Crippen LogP contribution in [0.2, 0.25) is 0 Å². The largest absolute Gasteiger partial charge is 0.502 e. The number of aliphatic hydroxyl groups is 1. The lowest BCUT2D eigenvalue weighted by Gasteiger charge is -2.37. The summed E-state index contributed by atoms with van der Waals surface area (Å²) in [4.78, 5) is 9.96. The third kappa shape index (κ3) is 1.98. The summed E-state index contributed by atoms with van der Waals surface area (Å²) < 4.78 is 0. The van der Waals surface area contributed by atoms with Gasteiger partial charge >= 0.3 is 5.69 Å². The molecule has 0 aliphatic carbocycles. The number of nitrogens with one attached hydrogen (secondary N) is 1. The highest BCUT2D eigenvalue weighted by molar-refractivity contribution is 5.47. The van der Waals surface area contributed by atoms with E-state index in [0.717, 1.165) is 0 Å². The monoisotopic (exact) mass is 224 g/mol. The Balaban J connectivity index is 2.22. The Morgan fingerprint density at radius 1 is 1.50 bits per heavy atom. The number of hydrogen-bond acceptors (Lipinski definition) is 5. The summed E-state index contributed by atoms with van der Waals surface area (Å²) in [5, 5.41) is 32.7. The molecule has 0 bridgehead atoms. The first-order valence-corrected chi connectivity index (χ1v) is 4.90. The second kappa shape index (κ2) is 3.73. The maximum atomic E-state index is 10.6. The highest BCUT2D eigenvalue weighted by Crippen LogP contribution is 2.28. The molecule has 16 heavy (non-hydrogen) atoms. The van der Waals surface area contributed by atoms with Gasteiger partial charge in [0.05, 0.1) is 10.5 Å². The van der Waals surface area contributed by atoms with Gasteiger partial charge in [-0.05, 0) is 11.6 Å². The molecule has 86 valence electrons. The van der Waals surface area contributed by atoms with Crippen LogP contribution in [0, 0.1) is 10.1 Å². The molecule has 6 nitrogen and oxygen atoms in total. The number of benzene rings is 1. The van der Waals surface area contributed by atoms with E-state index in [2.05, 4.69) is 5.32 Å². The zero-order valence-electron chi connectivity index (χ0n) is 8.51. The van der Waals surface area contributed by atoms with Gasteiger partial charge in [-0.2, -0.15) is 0 Å². The summed E-state index contributed by atoms with van der Waals surface area (Å²) in [6.45, 7) is 0.976. The smallest absolute Gasteiger partial charge is 0.310 e. The number of hydrogen-bond donors (Lipinski definition) is 3. The third-order valence-electron chi connectivity index (χ3n) is 2.68. The molecule has 0 amide bonds. The fourth-order valence-electron chi connectivity index (χ4n) is 1.74. The van der Waals surface area contributed by atoms with Gasteiger partial charge in [0.25, 0.3) is 0 Å². The van der Waals surface area contributed by atoms with Gasteiger partial charge in [-0.25, -0.2) is 0 Å². The van der Waals surface area contributed by atoms with Crippen molar-refractivity contribution in [2.45, 2.75) is 12.0 Å². The molecule has 3 N–H and O–H groups in total. The summed E-state index contributed by atoms with van der Waals surface area (Å²) >= 11 is 0. The average Bonchev–Trinajstić information content (AvgIpc) is 2.18. The minimum absolute atomic E-state index is 0.326.